The van der Waals surface area contributed by atoms with Gasteiger partial charge in [-0.15, -0.1) is 0 Å². The molecule has 0 spiro atoms. The van der Waals surface area contributed by atoms with Crippen LogP contribution in [-0.2, 0) is 22.6 Å². The number of rotatable bonds is 3. The highest BCUT2D eigenvalue weighted by Gasteiger charge is 2.28. The van der Waals surface area contributed by atoms with Crippen molar-refractivity contribution in [2.45, 2.75) is 19.0 Å². The van der Waals surface area contributed by atoms with Crippen LogP contribution in [0.4, 0.5) is 0 Å². The Hall–Kier alpha value is -2.33. The van der Waals surface area contributed by atoms with Crippen LogP contribution in [-0.4, -0.2) is 11.8 Å². The molecule has 1 heterocycles. The summed E-state index contributed by atoms with van der Waals surface area (Å²) in [7, 11) is 0. The van der Waals surface area contributed by atoms with Crippen molar-refractivity contribution in [2.24, 2.45) is 0 Å². The molecule has 3 rings (SSSR count). The van der Waals surface area contributed by atoms with E-state index >= 15 is 0 Å². The van der Waals surface area contributed by atoms with E-state index in [1.807, 2.05) is 30.3 Å². The van der Waals surface area contributed by atoms with Crippen LogP contribution in [0.3, 0.4) is 0 Å². The van der Waals surface area contributed by atoms with Crippen LogP contribution in [0.2, 0.25) is 5.02 Å². The summed E-state index contributed by atoms with van der Waals surface area (Å²) in [6.45, 7) is 0.496. The first-order valence-electron chi connectivity index (χ1n) is 7.03. The summed E-state index contributed by atoms with van der Waals surface area (Å²) in [5.74, 6) is -0.391. The molecule has 0 radical (unpaired) electrons. The summed E-state index contributed by atoms with van der Waals surface area (Å²) in [4.78, 5) is 24.3. The molecule has 5 heteroatoms. The number of nitrogens with one attached hydrogen (secondary N) is 2. The number of hydrogen-bond acceptors (Lipinski definition) is 2. The zero-order valence-corrected chi connectivity index (χ0v) is 12.6. The molecule has 112 valence electrons. The molecule has 0 fully saturated rings. The summed E-state index contributed by atoms with van der Waals surface area (Å²) < 4.78 is 0. The van der Waals surface area contributed by atoms with Crippen molar-refractivity contribution in [1.82, 2.24) is 10.6 Å². The molecule has 0 saturated carbocycles. The zero-order chi connectivity index (χ0) is 15.5. The van der Waals surface area contributed by atoms with E-state index in [-0.39, 0.29) is 18.2 Å². The Bertz CT molecular complexity index is 730. The van der Waals surface area contributed by atoms with Gasteiger partial charge in [-0.25, -0.2) is 0 Å². The van der Waals surface area contributed by atoms with Gasteiger partial charge >= 0.3 is 0 Å². The molecule has 1 atom stereocenters. The molecule has 1 unspecified atom stereocenters. The van der Waals surface area contributed by atoms with E-state index in [0.717, 1.165) is 16.7 Å². The number of hydrogen-bond donors (Lipinski definition) is 2. The molecule has 2 aromatic carbocycles. The SMILES string of the molecule is O=C(Cc1cccc(Cl)c1)NC1C(=O)NCc2ccccc21. The predicted molar refractivity (Wildman–Crippen MR) is 84.3 cm³/mol. The Morgan fingerprint density at radius 3 is 2.86 bits per heavy atom. The van der Waals surface area contributed by atoms with Gasteiger partial charge in [0.15, 0.2) is 0 Å². The van der Waals surface area contributed by atoms with Crippen molar-refractivity contribution in [2.75, 3.05) is 0 Å². The third-order valence-corrected chi connectivity index (χ3v) is 3.88. The Morgan fingerprint density at radius 2 is 2.05 bits per heavy atom. The summed E-state index contributed by atoms with van der Waals surface area (Å²) in [5, 5.41) is 6.18. The van der Waals surface area contributed by atoms with E-state index in [4.69, 9.17) is 11.6 Å². The summed E-state index contributed by atoms with van der Waals surface area (Å²) in [5.41, 5.74) is 2.69. The molecule has 4 nitrogen and oxygen atoms in total. The van der Waals surface area contributed by atoms with Gasteiger partial charge in [-0.1, -0.05) is 48.0 Å². The molecule has 0 aliphatic carbocycles. The van der Waals surface area contributed by atoms with E-state index in [1.54, 1.807) is 18.2 Å². The number of benzene rings is 2. The lowest BCUT2D eigenvalue weighted by Gasteiger charge is -2.26. The van der Waals surface area contributed by atoms with Gasteiger partial charge in [0.25, 0.3) is 0 Å². The molecular formula is C17H15ClN2O2. The molecule has 0 aromatic heterocycles. The highest BCUT2D eigenvalue weighted by molar-refractivity contribution is 6.30. The second kappa shape index (κ2) is 6.20. The molecular weight excluding hydrogens is 300 g/mol. The van der Waals surface area contributed by atoms with Crippen molar-refractivity contribution in [3.8, 4) is 0 Å². The third kappa shape index (κ3) is 3.12. The van der Waals surface area contributed by atoms with E-state index in [9.17, 15) is 9.59 Å². The molecule has 2 N–H and O–H groups in total. The topological polar surface area (TPSA) is 58.2 Å². The first kappa shape index (κ1) is 14.6. The smallest absolute Gasteiger partial charge is 0.247 e. The second-order valence-corrected chi connectivity index (χ2v) is 5.66. The highest BCUT2D eigenvalue weighted by atomic mass is 35.5. The van der Waals surface area contributed by atoms with Crippen molar-refractivity contribution >= 4 is 23.4 Å². The van der Waals surface area contributed by atoms with Crippen LogP contribution in [0.5, 0.6) is 0 Å². The highest BCUT2D eigenvalue weighted by Crippen LogP contribution is 2.22. The van der Waals surface area contributed by atoms with Crippen molar-refractivity contribution in [1.29, 1.82) is 0 Å². The van der Waals surface area contributed by atoms with E-state index in [1.165, 1.54) is 0 Å². The molecule has 2 aromatic rings. The molecule has 1 aliphatic heterocycles. The quantitative estimate of drug-likeness (QED) is 0.914. The molecule has 2 amide bonds. The van der Waals surface area contributed by atoms with Crippen LogP contribution in [0.1, 0.15) is 22.7 Å². The normalized spacial score (nSPS) is 16.6. The van der Waals surface area contributed by atoms with E-state index in [0.29, 0.717) is 11.6 Å². The van der Waals surface area contributed by atoms with Gasteiger partial charge in [0.05, 0.1) is 6.42 Å². The number of carbonyl (C=O) groups excluding carboxylic acids is 2. The van der Waals surface area contributed by atoms with Crippen LogP contribution < -0.4 is 10.6 Å². The number of amides is 2. The zero-order valence-electron chi connectivity index (χ0n) is 11.8. The lowest BCUT2D eigenvalue weighted by molar-refractivity contribution is -0.129. The molecule has 0 bridgehead atoms. The Morgan fingerprint density at radius 1 is 1.23 bits per heavy atom. The Labute approximate surface area is 133 Å². The van der Waals surface area contributed by atoms with Gasteiger partial charge in [-0.05, 0) is 28.8 Å². The van der Waals surface area contributed by atoms with Gasteiger partial charge in [-0.2, -0.15) is 0 Å². The van der Waals surface area contributed by atoms with Crippen molar-refractivity contribution in [3.63, 3.8) is 0 Å². The maximum atomic E-state index is 12.2. The van der Waals surface area contributed by atoms with Crippen LogP contribution in [0, 0.1) is 0 Å². The standard InChI is InChI=1S/C17H15ClN2O2/c18-13-6-3-4-11(8-13)9-15(21)20-16-14-7-2-1-5-12(14)10-19-17(16)22/h1-8,16H,9-10H2,(H,19,22)(H,20,21). The summed E-state index contributed by atoms with van der Waals surface area (Å²) in [6.07, 6.45) is 0.187. The Kier molecular flexibility index (Phi) is 4.11. The van der Waals surface area contributed by atoms with E-state index < -0.39 is 6.04 Å². The lowest BCUT2D eigenvalue weighted by Crippen LogP contribution is -2.44. The van der Waals surface area contributed by atoms with Crippen LogP contribution >= 0.6 is 11.6 Å². The van der Waals surface area contributed by atoms with Gasteiger partial charge in [-0.3, -0.25) is 9.59 Å². The predicted octanol–water partition coefficient (Wildman–Crippen LogP) is 2.37. The van der Waals surface area contributed by atoms with Gasteiger partial charge in [0.2, 0.25) is 11.8 Å². The second-order valence-electron chi connectivity index (χ2n) is 5.22. The van der Waals surface area contributed by atoms with Gasteiger partial charge < -0.3 is 10.6 Å². The lowest BCUT2D eigenvalue weighted by atomic mass is 9.96. The number of halogens is 1. The maximum absolute atomic E-state index is 12.2. The summed E-state index contributed by atoms with van der Waals surface area (Å²) >= 11 is 5.91. The Balaban J connectivity index is 1.75. The minimum absolute atomic E-state index is 0.182. The fourth-order valence-corrected chi connectivity index (χ4v) is 2.80. The molecule has 0 saturated heterocycles. The first-order valence-corrected chi connectivity index (χ1v) is 7.40. The fourth-order valence-electron chi connectivity index (χ4n) is 2.59. The molecule has 1 aliphatic rings. The molecule has 22 heavy (non-hydrogen) atoms. The first-order chi connectivity index (χ1) is 10.6. The average Bonchev–Trinajstić information content (AvgIpc) is 2.50. The van der Waals surface area contributed by atoms with Crippen LogP contribution in [0.25, 0.3) is 0 Å². The monoisotopic (exact) mass is 314 g/mol. The van der Waals surface area contributed by atoms with Crippen molar-refractivity contribution < 1.29 is 9.59 Å². The number of carbonyl (C=O) groups is 2. The third-order valence-electron chi connectivity index (χ3n) is 3.64. The number of fused-ring (bicyclic) bond motifs is 1. The minimum Gasteiger partial charge on any atom is -0.350 e. The largest absolute Gasteiger partial charge is 0.350 e. The van der Waals surface area contributed by atoms with Crippen LogP contribution in [0.15, 0.2) is 48.5 Å². The maximum Gasteiger partial charge on any atom is 0.247 e. The van der Waals surface area contributed by atoms with Crippen molar-refractivity contribution in [3.05, 3.63) is 70.2 Å². The summed E-state index contributed by atoms with van der Waals surface area (Å²) in [6, 6.07) is 14.1. The van der Waals surface area contributed by atoms with Gasteiger partial charge in [0.1, 0.15) is 6.04 Å². The average molecular weight is 315 g/mol. The minimum atomic E-state index is -0.642. The fraction of sp³-hybridized carbons (Fsp3) is 0.176. The van der Waals surface area contributed by atoms with E-state index in [2.05, 4.69) is 10.6 Å². The van der Waals surface area contributed by atoms with Gasteiger partial charge in [0, 0.05) is 11.6 Å².